The van der Waals surface area contributed by atoms with E-state index in [1.165, 1.54) is 0 Å². The molecule has 0 aliphatic heterocycles. The number of rotatable bonds is 4. The molecule has 0 radical (unpaired) electrons. The van der Waals surface area contributed by atoms with Gasteiger partial charge in [0.1, 0.15) is 0 Å². The molecule has 1 N–H and O–H groups in total. The number of ketones is 2. The first-order valence-corrected chi connectivity index (χ1v) is 6.08. The number of hydrogen-bond donors (Lipinski definition) is 1. The van der Waals surface area contributed by atoms with E-state index in [1.807, 2.05) is 27.7 Å². The first kappa shape index (κ1) is 13.9. The maximum atomic E-state index is 12.0. The molecule has 0 bridgehead atoms. The Morgan fingerprint density at radius 3 is 2.18 bits per heavy atom. The highest BCUT2D eigenvalue weighted by Crippen LogP contribution is 2.34. The van der Waals surface area contributed by atoms with E-state index < -0.39 is 0 Å². The smallest absolute Gasteiger partial charge is 0.168 e. The van der Waals surface area contributed by atoms with Gasteiger partial charge in [0.05, 0.1) is 17.9 Å². The summed E-state index contributed by atoms with van der Waals surface area (Å²) in [5, 5.41) is 0. The van der Waals surface area contributed by atoms with E-state index >= 15 is 0 Å². The molecular formula is C13H21NO3. The van der Waals surface area contributed by atoms with Crippen molar-refractivity contribution < 1.29 is 14.4 Å². The van der Waals surface area contributed by atoms with Gasteiger partial charge < -0.3 is 0 Å². The molecule has 0 aromatic rings. The molecule has 1 aliphatic carbocycles. The molecule has 0 unspecified atom stereocenters. The van der Waals surface area contributed by atoms with E-state index in [0.29, 0.717) is 37.1 Å². The van der Waals surface area contributed by atoms with Crippen molar-refractivity contribution in [1.29, 1.82) is 0 Å². The molecule has 1 fully saturated rings. The Labute approximate surface area is 102 Å². The van der Waals surface area contributed by atoms with Crippen LogP contribution >= 0.6 is 0 Å². The van der Waals surface area contributed by atoms with Crippen LogP contribution in [0.2, 0.25) is 0 Å². The molecule has 1 saturated carbocycles. The van der Waals surface area contributed by atoms with Crippen molar-refractivity contribution in [3.05, 3.63) is 11.3 Å². The zero-order chi connectivity index (χ0) is 13.1. The number of carbonyl (C=O) groups excluding carboxylic acids is 2. The largest absolute Gasteiger partial charge is 0.294 e. The van der Waals surface area contributed by atoms with E-state index in [9.17, 15) is 9.59 Å². The molecule has 96 valence electrons. The molecule has 17 heavy (non-hydrogen) atoms. The second kappa shape index (κ2) is 5.45. The lowest BCUT2D eigenvalue weighted by atomic mass is 9.73. The van der Waals surface area contributed by atoms with Crippen LogP contribution in [0.4, 0.5) is 0 Å². The van der Waals surface area contributed by atoms with Crippen LogP contribution in [0.15, 0.2) is 11.3 Å². The minimum atomic E-state index is -0.220. The standard InChI is InChI=1S/C13H21NO3/c1-5-9(14-17-6-2)12-10(15)7-13(3,4)8-11(12)16/h14H,5-8H2,1-4H3. The summed E-state index contributed by atoms with van der Waals surface area (Å²) in [5.74, 6) is -0.148. The number of Topliss-reactive ketones (excluding diaryl/α,β-unsaturated/α-hetero) is 2. The average Bonchev–Trinajstić information content (AvgIpc) is 2.20. The molecule has 1 aliphatic rings. The Morgan fingerprint density at radius 1 is 1.24 bits per heavy atom. The van der Waals surface area contributed by atoms with Crippen LogP contribution in [0, 0.1) is 5.41 Å². The Kier molecular flexibility index (Phi) is 4.46. The summed E-state index contributed by atoms with van der Waals surface area (Å²) in [6.45, 7) is 8.13. The highest BCUT2D eigenvalue weighted by Gasteiger charge is 2.37. The zero-order valence-electron chi connectivity index (χ0n) is 11.1. The SMILES string of the molecule is CCONC(CC)=C1C(=O)CC(C)(C)CC1=O. The monoisotopic (exact) mass is 239 g/mol. The van der Waals surface area contributed by atoms with Crippen molar-refractivity contribution in [3.63, 3.8) is 0 Å². The van der Waals surface area contributed by atoms with E-state index in [2.05, 4.69) is 5.48 Å². The van der Waals surface area contributed by atoms with Gasteiger partial charge in [0.25, 0.3) is 0 Å². The van der Waals surface area contributed by atoms with E-state index in [0.717, 1.165) is 0 Å². The van der Waals surface area contributed by atoms with Crippen molar-refractivity contribution in [2.24, 2.45) is 5.41 Å². The molecular weight excluding hydrogens is 218 g/mol. The minimum absolute atomic E-state index is 0.0738. The van der Waals surface area contributed by atoms with Crippen LogP contribution in [-0.4, -0.2) is 18.2 Å². The predicted molar refractivity (Wildman–Crippen MR) is 65.1 cm³/mol. The van der Waals surface area contributed by atoms with Gasteiger partial charge in [-0.05, 0) is 18.8 Å². The van der Waals surface area contributed by atoms with Gasteiger partial charge in [-0.15, -0.1) is 0 Å². The Balaban J connectivity index is 2.98. The highest BCUT2D eigenvalue weighted by molar-refractivity contribution is 6.22. The Bertz CT molecular complexity index is 334. The van der Waals surface area contributed by atoms with Gasteiger partial charge in [-0.3, -0.25) is 19.9 Å². The maximum Gasteiger partial charge on any atom is 0.168 e. The molecule has 4 nitrogen and oxygen atoms in total. The number of nitrogens with one attached hydrogen (secondary N) is 1. The summed E-state index contributed by atoms with van der Waals surface area (Å²) in [5.41, 5.74) is 3.41. The molecule has 0 amide bonds. The normalized spacial score (nSPS) is 19.4. The lowest BCUT2D eigenvalue weighted by molar-refractivity contribution is -0.127. The lowest BCUT2D eigenvalue weighted by Crippen LogP contribution is -2.34. The molecule has 0 heterocycles. The van der Waals surface area contributed by atoms with Crippen LogP contribution in [-0.2, 0) is 14.4 Å². The molecule has 1 rings (SSSR count). The van der Waals surface area contributed by atoms with Crippen molar-refractivity contribution in [2.75, 3.05) is 6.61 Å². The summed E-state index contributed by atoms with van der Waals surface area (Å²) in [6.07, 6.45) is 1.43. The summed E-state index contributed by atoms with van der Waals surface area (Å²) in [6, 6.07) is 0. The van der Waals surface area contributed by atoms with Crippen LogP contribution in [0.3, 0.4) is 0 Å². The van der Waals surface area contributed by atoms with E-state index in [1.54, 1.807) is 0 Å². The third-order valence-electron chi connectivity index (χ3n) is 2.83. The summed E-state index contributed by atoms with van der Waals surface area (Å²) in [4.78, 5) is 29.1. The highest BCUT2D eigenvalue weighted by atomic mass is 16.6. The fourth-order valence-corrected chi connectivity index (χ4v) is 2.06. The van der Waals surface area contributed by atoms with Crippen LogP contribution < -0.4 is 5.48 Å². The topological polar surface area (TPSA) is 55.4 Å². The van der Waals surface area contributed by atoms with Crippen molar-refractivity contribution in [2.45, 2.75) is 47.0 Å². The summed E-state index contributed by atoms with van der Waals surface area (Å²) in [7, 11) is 0. The molecule has 0 spiro atoms. The third-order valence-corrected chi connectivity index (χ3v) is 2.83. The second-order valence-corrected chi connectivity index (χ2v) is 5.11. The van der Waals surface area contributed by atoms with Crippen molar-refractivity contribution in [1.82, 2.24) is 5.48 Å². The number of carbonyl (C=O) groups is 2. The van der Waals surface area contributed by atoms with Crippen LogP contribution in [0.1, 0.15) is 47.0 Å². The molecule has 0 saturated heterocycles. The van der Waals surface area contributed by atoms with Crippen LogP contribution in [0.5, 0.6) is 0 Å². The number of hydrogen-bond acceptors (Lipinski definition) is 4. The van der Waals surface area contributed by atoms with E-state index in [4.69, 9.17) is 4.84 Å². The fourth-order valence-electron chi connectivity index (χ4n) is 2.06. The van der Waals surface area contributed by atoms with Gasteiger partial charge in [0, 0.05) is 12.8 Å². The van der Waals surface area contributed by atoms with Gasteiger partial charge in [-0.25, -0.2) is 0 Å². The maximum absolute atomic E-state index is 12.0. The number of hydroxylamine groups is 1. The Hall–Kier alpha value is -1.16. The molecule has 0 aromatic heterocycles. The fraction of sp³-hybridized carbons (Fsp3) is 0.692. The van der Waals surface area contributed by atoms with Gasteiger partial charge in [0.15, 0.2) is 11.6 Å². The molecule has 4 heteroatoms. The first-order chi connectivity index (χ1) is 7.91. The molecule has 0 atom stereocenters. The summed E-state index contributed by atoms with van der Waals surface area (Å²) < 4.78 is 0. The van der Waals surface area contributed by atoms with Gasteiger partial charge in [-0.1, -0.05) is 20.8 Å². The average molecular weight is 239 g/mol. The number of allylic oxidation sites excluding steroid dienone is 2. The minimum Gasteiger partial charge on any atom is -0.294 e. The van der Waals surface area contributed by atoms with E-state index in [-0.39, 0.29) is 17.0 Å². The van der Waals surface area contributed by atoms with Gasteiger partial charge in [-0.2, -0.15) is 0 Å². The lowest BCUT2D eigenvalue weighted by Gasteiger charge is -2.29. The first-order valence-electron chi connectivity index (χ1n) is 6.08. The second-order valence-electron chi connectivity index (χ2n) is 5.11. The Morgan fingerprint density at radius 2 is 1.76 bits per heavy atom. The van der Waals surface area contributed by atoms with Gasteiger partial charge in [0.2, 0.25) is 0 Å². The van der Waals surface area contributed by atoms with Gasteiger partial charge >= 0.3 is 0 Å². The molecule has 0 aromatic carbocycles. The van der Waals surface area contributed by atoms with Crippen molar-refractivity contribution in [3.8, 4) is 0 Å². The third kappa shape index (κ3) is 3.40. The zero-order valence-corrected chi connectivity index (χ0v) is 11.1. The van der Waals surface area contributed by atoms with Crippen molar-refractivity contribution >= 4 is 11.6 Å². The quantitative estimate of drug-likeness (QED) is 0.464. The predicted octanol–water partition coefficient (Wildman–Crippen LogP) is 2.15. The van der Waals surface area contributed by atoms with Crippen LogP contribution in [0.25, 0.3) is 0 Å². The summed E-state index contributed by atoms with van der Waals surface area (Å²) >= 11 is 0.